The van der Waals surface area contributed by atoms with E-state index < -0.39 is 0 Å². The van der Waals surface area contributed by atoms with Gasteiger partial charge in [0.2, 0.25) is 5.13 Å². The number of ether oxygens (including phenoxy) is 1. The maximum atomic E-state index is 5.50. The number of rotatable bonds is 4. The van der Waals surface area contributed by atoms with Crippen LogP contribution < -0.4 is 10.1 Å². The molecule has 0 fully saturated rings. The molecule has 5 nitrogen and oxygen atoms in total. The highest BCUT2D eigenvalue weighted by molar-refractivity contribution is 7.12. The predicted octanol–water partition coefficient (Wildman–Crippen LogP) is 2.88. The van der Waals surface area contributed by atoms with Crippen molar-refractivity contribution in [1.29, 1.82) is 0 Å². The van der Waals surface area contributed by atoms with Gasteiger partial charge < -0.3 is 10.1 Å². The van der Waals surface area contributed by atoms with Crippen LogP contribution in [0.2, 0.25) is 0 Å². The molecule has 0 saturated heterocycles. The zero-order valence-corrected chi connectivity index (χ0v) is 14.7. The minimum absolute atomic E-state index is 0.769. The van der Waals surface area contributed by atoms with E-state index in [4.69, 9.17) is 9.84 Å². The molecule has 1 aliphatic heterocycles. The highest BCUT2D eigenvalue weighted by atomic mass is 32.1. The predicted molar refractivity (Wildman–Crippen MR) is 95.2 cm³/mol. The Bertz CT molecular complexity index is 868. The summed E-state index contributed by atoms with van der Waals surface area (Å²) in [7, 11) is 1.72. The number of methoxy groups -OCH3 is 1. The number of thiazole rings is 1. The van der Waals surface area contributed by atoms with Crippen molar-refractivity contribution in [2.24, 2.45) is 0 Å². The van der Waals surface area contributed by atoms with Gasteiger partial charge in [-0.3, -0.25) is 0 Å². The lowest BCUT2D eigenvalue weighted by Gasteiger charge is -2.15. The summed E-state index contributed by atoms with van der Waals surface area (Å²) >= 11 is 1.65. The monoisotopic (exact) mass is 340 g/mol. The maximum absolute atomic E-state index is 5.50. The Hall–Kier alpha value is -2.18. The molecule has 124 valence electrons. The number of fused-ring (bicyclic) bond motifs is 1. The summed E-state index contributed by atoms with van der Waals surface area (Å²) in [6, 6.07) is 8.15. The van der Waals surface area contributed by atoms with Crippen LogP contribution >= 0.6 is 11.3 Å². The molecule has 0 atom stereocenters. The Kier molecular flexibility index (Phi) is 4.08. The van der Waals surface area contributed by atoms with Crippen molar-refractivity contribution < 1.29 is 4.74 Å². The molecule has 0 bridgehead atoms. The van der Waals surface area contributed by atoms with Crippen LogP contribution in [0.15, 0.2) is 29.6 Å². The van der Waals surface area contributed by atoms with Crippen molar-refractivity contribution in [3.63, 3.8) is 0 Å². The average molecular weight is 340 g/mol. The molecule has 3 heterocycles. The van der Waals surface area contributed by atoms with Gasteiger partial charge in [-0.1, -0.05) is 18.2 Å². The molecule has 2 aromatic heterocycles. The second kappa shape index (κ2) is 6.37. The first-order valence-corrected chi connectivity index (χ1v) is 8.99. The zero-order valence-electron chi connectivity index (χ0n) is 13.9. The largest absolute Gasteiger partial charge is 0.496 e. The lowest BCUT2D eigenvalue weighted by Crippen LogP contribution is -2.25. The van der Waals surface area contributed by atoms with Crippen LogP contribution in [0, 0.1) is 6.92 Å². The van der Waals surface area contributed by atoms with E-state index in [1.807, 2.05) is 29.8 Å². The van der Waals surface area contributed by atoms with Crippen LogP contribution in [-0.4, -0.2) is 28.4 Å². The van der Waals surface area contributed by atoms with Crippen molar-refractivity contribution in [3.05, 3.63) is 57.9 Å². The van der Waals surface area contributed by atoms with Gasteiger partial charge in [-0.05, 0) is 13.0 Å². The number of nitrogens with one attached hydrogen (secondary N) is 1. The van der Waals surface area contributed by atoms with Gasteiger partial charge in [0.25, 0.3) is 0 Å². The fraction of sp³-hybridized carbons (Fsp3) is 0.333. The van der Waals surface area contributed by atoms with Gasteiger partial charge in [0.1, 0.15) is 5.75 Å². The molecular weight excluding hydrogens is 320 g/mol. The molecule has 0 aliphatic carbocycles. The van der Waals surface area contributed by atoms with Gasteiger partial charge in [-0.15, -0.1) is 11.3 Å². The molecular formula is C18H20N4OS. The highest BCUT2D eigenvalue weighted by Crippen LogP contribution is 2.27. The molecule has 3 aromatic rings. The number of aryl methyl sites for hydroxylation is 1. The Morgan fingerprint density at radius 2 is 2.21 bits per heavy atom. The summed E-state index contributed by atoms with van der Waals surface area (Å²) in [6.07, 6.45) is 1.75. The van der Waals surface area contributed by atoms with Crippen LogP contribution in [0.25, 0.3) is 5.13 Å². The SMILES string of the molecule is COc1ccccc1Cc1nn(-c2nc(C)cs2)c2c1CNCC2. The fourth-order valence-corrected chi connectivity index (χ4v) is 3.96. The molecule has 6 heteroatoms. The first-order chi connectivity index (χ1) is 11.8. The van der Waals surface area contributed by atoms with Gasteiger partial charge in [-0.2, -0.15) is 5.10 Å². The van der Waals surface area contributed by atoms with Gasteiger partial charge >= 0.3 is 0 Å². The molecule has 1 aromatic carbocycles. The van der Waals surface area contributed by atoms with Gasteiger partial charge in [0.15, 0.2) is 0 Å². The highest BCUT2D eigenvalue weighted by Gasteiger charge is 2.23. The van der Waals surface area contributed by atoms with Crippen molar-refractivity contribution in [2.75, 3.05) is 13.7 Å². The fourth-order valence-electron chi connectivity index (χ4n) is 3.19. The maximum Gasteiger partial charge on any atom is 0.210 e. The normalized spacial score (nSPS) is 13.8. The topological polar surface area (TPSA) is 52.0 Å². The smallest absolute Gasteiger partial charge is 0.210 e. The summed E-state index contributed by atoms with van der Waals surface area (Å²) in [4.78, 5) is 4.62. The number of para-hydroxylation sites is 1. The third-order valence-electron chi connectivity index (χ3n) is 4.35. The lowest BCUT2D eigenvalue weighted by molar-refractivity contribution is 0.410. The second-order valence-electron chi connectivity index (χ2n) is 5.97. The summed E-state index contributed by atoms with van der Waals surface area (Å²) in [5, 5.41) is 11.4. The summed E-state index contributed by atoms with van der Waals surface area (Å²) in [5.74, 6) is 0.912. The third-order valence-corrected chi connectivity index (χ3v) is 5.29. The van der Waals surface area contributed by atoms with Crippen molar-refractivity contribution in [3.8, 4) is 10.9 Å². The Balaban J connectivity index is 1.77. The van der Waals surface area contributed by atoms with Crippen LogP contribution in [0.4, 0.5) is 0 Å². The Morgan fingerprint density at radius 3 is 3.00 bits per heavy atom. The van der Waals surface area contributed by atoms with E-state index in [-0.39, 0.29) is 0 Å². The van der Waals surface area contributed by atoms with Crippen LogP contribution in [-0.2, 0) is 19.4 Å². The molecule has 24 heavy (non-hydrogen) atoms. The van der Waals surface area contributed by atoms with Gasteiger partial charge in [-0.25, -0.2) is 9.67 Å². The molecule has 4 rings (SSSR count). The van der Waals surface area contributed by atoms with E-state index in [1.165, 1.54) is 11.3 Å². The van der Waals surface area contributed by atoms with E-state index in [9.17, 15) is 0 Å². The van der Waals surface area contributed by atoms with E-state index in [0.717, 1.165) is 53.8 Å². The lowest BCUT2D eigenvalue weighted by atomic mass is 10.0. The number of benzene rings is 1. The second-order valence-corrected chi connectivity index (χ2v) is 6.81. The quantitative estimate of drug-likeness (QED) is 0.793. The number of nitrogens with zero attached hydrogens (tertiary/aromatic N) is 3. The minimum atomic E-state index is 0.769. The molecule has 0 radical (unpaired) electrons. The minimum Gasteiger partial charge on any atom is -0.496 e. The molecule has 0 saturated carbocycles. The Labute approximate surface area is 145 Å². The standard InChI is InChI=1S/C18H20N4OS/c1-12-11-24-18(20-12)22-16-7-8-19-10-14(16)15(21-22)9-13-5-3-4-6-17(13)23-2/h3-6,11,19H,7-10H2,1-2H3. The van der Waals surface area contributed by atoms with Crippen LogP contribution in [0.3, 0.4) is 0 Å². The average Bonchev–Trinajstić information content (AvgIpc) is 3.20. The summed E-state index contributed by atoms with van der Waals surface area (Å²) in [6.45, 7) is 3.87. The zero-order chi connectivity index (χ0) is 16.5. The van der Waals surface area contributed by atoms with Crippen LogP contribution in [0.5, 0.6) is 5.75 Å². The molecule has 0 unspecified atom stereocenters. The molecule has 1 aliphatic rings. The van der Waals surface area contributed by atoms with E-state index >= 15 is 0 Å². The first-order valence-electron chi connectivity index (χ1n) is 8.11. The molecule has 0 amide bonds. The summed E-state index contributed by atoms with van der Waals surface area (Å²) in [5.41, 5.74) is 5.90. The van der Waals surface area contributed by atoms with Crippen LogP contribution in [0.1, 0.15) is 28.2 Å². The number of aromatic nitrogens is 3. The molecule has 0 spiro atoms. The van der Waals surface area contributed by atoms with E-state index in [2.05, 4.69) is 21.7 Å². The van der Waals surface area contributed by atoms with Gasteiger partial charge in [0.05, 0.1) is 24.2 Å². The van der Waals surface area contributed by atoms with Crippen molar-refractivity contribution >= 4 is 11.3 Å². The third kappa shape index (κ3) is 2.72. The van der Waals surface area contributed by atoms with E-state index in [0.29, 0.717) is 0 Å². The van der Waals surface area contributed by atoms with E-state index in [1.54, 1.807) is 18.4 Å². The Morgan fingerprint density at radius 1 is 1.33 bits per heavy atom. The van der Waals surface area contributed by atoms with Crippen molar-refractivity contribution in [1.82, 2.24) is 20.1 Å². The first kappa shape index (κ1) is 15.4. The number of hydrogen-bond acceptors (Lipinski definition) is 5. The van der Waals surface area contributed by atoms with Gasteiger partial charge in [0, 0.05) is 42.4 Å². The molecule has 1 N–H and O–H groups in total. The van der Waals surface area contributed by atoms with Crippen molar-refractivity contribution in [2.45, 2.75) is 26.3 Å². The summed E-state index contributed by atoms with van der Waals surface area (Å²) < 4.78 is 7.54. The number of hydrogen-bond donors (Lipinski definition) is 1.